The molecule has 3 aromatic heterocycles. The molecule has 1 aliphatic carbocycles. The molecule has 4 rings (SSSR count). The van der Waals surface area contributed by atoms with Gasteiger partial charge >= 0.3 is 5.63 Å². The van der Waals surface area contributed by atoms with E-state index in [9.17, 15) is 9.59 Å². The monoisotopic (exact) mass is 460 g/mol. The molecule has 0 radical (unpaired) electrons. The predicted molar refractivity (Wildman–Crippen MR) is 118 cm³/mol. The van der Waals surface area contributed by atoms with Crippen molar-refractivity contribution in [3.63, 3.8) is 0 Å². The Bertz CT molecular complexity index is 1160. The Morgan fingerprint density at radius 1 is 1.28 bits per heavy atom. The highest BCUT2D eigenvalue weighted by Crippen LogP contribution is 2.29. The molecule has 1 amide bonds. The number of rotatable bonds is 7. The van der Waals surface area contributed by atoms with Gasteiger partial charge < -0.3 is 19.2 Å². The highest BCUT2D eigenvalue weighted by atomic mass is 32.1. The van der Waals surface area contributed by atoms with Crippen LogP contribution in [0.2, 0.25) is 0 Å². The fourth-order valence-corrected chi connectivity index (χ4v) is 4.48. The average molecular weight is 461 g/mol. The van der Waals surface area contributed by atoms with Crippen LogP contribution in [0.3, 0.4) is 0 Å². The van der Waals surface area contributed by atoms with Crippen LogP contribution in [0.5, 0.6) is 5.75 Å². The van der Waals surface area contributed by atoms with Crippen LogP contribution >= 0.6 is 11.3 Å². The van der Waals surface area contributed by atoms with E-state index in [1.807, 2.05) is 13.0 Å². The molecule has 2 atom stereocenters. The molecule has 170 valence electrons. The van der Waals surface area contributed by atoms with Gasteiger partial charge in [-0.1, -0.05) is 24.2 Å². The maximum Gasteiger partial charge on any atom is 0.381 e. The number of hydrogen-bond donors (Lipinski definition) is 2. The first-order valence-corrected chi connectivity index (χ1v) is 11.0. The lowest BCUT2D eigenvalue weighted by Crippen LogP contribution is -2.38. The summed E-state index contributed by atoms with van der Waals surface area (Å²) in [5, 5.41) is 18.8. The van der Waals surface area contributed by atoms with Crippen LogP contribution in [0.4, 0.5) is 10.8 Å². The molecular formula is C20H24N6O5S. The number of carbonyl (C=O) groups is 1. The molecule has 12 heteroatoms. The quantitative estimate of drug-likeness (QED) is 0.546. The van der Waals surface area contributed by atoms with Crippen LogP contribution in [-0.4, -0.2) is 52.3 Å². The Morgan fingerprint density at radius 2 is 2.09 bits per heavy atom. The van der Waals surface area contributed by atoms with E-state index >= 15 is 0 Å². The molecule has 0 saturated heterocycles. The van der Waals surface area contributed by atoms with E-state index in [0.717, 1.165) is 42.7 Å². The number of hydrogen-bond acceptors (Lipinski definition) is 10. The van der Waals surface area contributed by atoms with Crippen molar-refractivity contribution >= 4 is 28.1 Å². The van der Waals surface area contributed by atoms with Gasteiger partial charge in [-0.2, -0.15) is 5.10 Å². The number of aryl methyl sites for hydroxylation is 1. The Labute approximate surface area is 187 Å². The summed E-state index contributed by atoms with van der Waals surface area (Å²) in [5.74, 6) is -0.788. The number of amides is 1. The minimum Gasteiger partial charge on any atom is -0.488 e. The van der Waals surface area contributed by atoms with Crippen molar-refractivity contribution in [1.29, 1.82) is 0 Å². The molecule has 1 fully saturated rings. The maximum absolute atomic E-state index is 12.8. The first kappa shape index (κ1) is 22.0. The van der Waals surface area contributed by atoms with E-state index in [1.54, 1.807) is 18.0 Å². The fraction of sp³-hybridized carbons (Fsp3) is 0.450. The number of aromatic nitrogens is 4. The minimum absolute atomic E-state index is 0.00328. The van der Waals surface area contributed by atoms with E-state index in [-0.39, 0.29) is 28.8 Å². The number of nitrogens with one attached hydrogen (secondary N) is 2. The van der Waals surface area contributed by atoms with Crippen LogP contribution in [0.1, 0.15) is 41.9 Å². The van der Waals surface area contributed by atoms with E-state index in [1.165, 1.54) is 13.2 Å². The molecule has 1 saturated carbocycles. The normalized spacial score (nSPS) is 18.3. The first-order chi connectivity index (χ1) is 15.5. The third kappa shape index (κ3) is 4.50. The smallest absolute Gasteiger partial charge is 0.381 e. The van der Waals surface area contributed by atoms with Crippen molar-refractivity contribution in [2.45, 2.75) is 44.8 Å². The number of anilines is 2. The summed E-state index contributed by atoms with van der Waals surface area (Å²) in [6.07, 6.45) is 5.58. The molecule has 3 aromatic rings. The van der Waals surface area contributed by atoms with Crippen LogP contribution in [0.15, 0.2) is 27.5 Å². The van der Waals surface area contributed by atoms with Gasteiger partial charge in [0.25, 0.3) is 5.91 Å². The molecule has 2 N–H and O–H groups in total. The molecule has 0 spiro atoms. The number of ether oxygens (including phenoxy) is 2. The molecular weight excluding hydrogens is 436 g/mol. The third-order valence-electron chi connectivity index (χ3n) is 5.33. The SMILES string of the molecule is COc1c(N[C@@H]2CCCC[C@@H]2OC)cc(C(=O)Nc2nnc(-n3nccc3C)s2)oc1=O. The third-order valence-corrected chi connectivity index (χ3v) is 6.14. The average Bonchev–Trinajstić information content (AvgIpc) is 3.42. The molecule has 0 aromatic carbocycles. The molecule has 0 unspecified atom stereocenters. The Hall–Kier alpha value is -3.25. The molecule has 32 heavy (non-hydrogen) atoms. The van der Waals surface area contributed by atoms with Gasteiger partial charge in [-0.25, -0.2) is 9.48 Å². The summed E-state index contributed by atoms with van der Waals surface area (Å²) in [7, 11) is 3.05. The molecule has 0 aliphatic heterocycles. The topological polar surface area (TPSA) is 133 Å². The summed E-state index contributed by atoms with van der Waals surface area (Å²) >= 11 is 1.15. The van der Waals surface area contributed by atoms with Crippen LogP contribution in [-0.2, 0) is 4.74 Å². The van der Waals surface area contributed by atoms with Gasteiger partial charge in [-0.15, -0.1) is 10.2 Å². The Morgan fingerprint density at radius 3 is 2.81 bits per heavy atom. The van der Waals surface area contributed by atoms with Gasteiger partial charge in [0.1, 0.15) is 0 Å². The van der Waals surface area contributed by atoms with Crippen LogP contribution in [0.25, 0.3) is 5.13 Å². The highest BCUT2D eigenvalue weighted by Gasteiger charge is 2.27. The summed E-state index contributed by atoms with van der Waals surface area (Å²) in [6.45, 7) is 1.88. The van der Waals surface area contributed by atoms with Crippen LogP contribution in [0, 0.1) is 6.92 Å². The van der Waals surface area contributed by atoms with Crippen molar-refractivity contribution in [3.05, 3.63) is 40.2 Å². The molecule has 11 nitrogen and oxygen atoms in total. The highest BCUT2D eigenvalue weighted by molar-refractivity contribution is 7.17. The molecule has 1 aliphatic rings. The second kappa shape index (κ2) is 9.49. The van der Waals surface area contributed by atoms with Gasteiger partial charge in [0.15, 0.2) is 5.76 Å². The summed E-state index contributed by atoms with van der Waals surface area (Å²) < 4.78 is 17.6. The van der Waals surface area contributed by atoms with Crippen molar-refractivity contribution in [3.8, 4) is 10.9 Å². The standard InChI is InChI=1S/C20H24N6O5S/c1-11-8-9-21-26(11)20-25-24-19(32-20)23-17(27)15-10-13(16(30-3)18(28)31-15)22-12-6-4-5-7-14(12)29-2/h8-10,12,14,22H,4-7H2,1-3H3,(H,23,24,27)/t12-,14+/m1/s1. The van der Waals surface area contributed by atoms with Crippen molar-refractivity contribution in [2.24, 2.45) is 0 Å². The first-order valence-electron chi connectivity index (χ1n) is 10.2. The van der Waals surface area contributed by atoms with Gasteiger partial charge in [0, 0.05) is 25.1 Å². The molecule has 3 heterocycles. The number of nitrogens with zero attached hydrogens (tertiary/aromatic N) is 4. The van der Waals surface area contributed by atoms with Crippen molar-refractivity contribution in [1.82, 2.24) is 20.0 Å². The lowest BCUT2D eigenvalue weighted by atomic mass is 9.92. The summed E-state index contributed by atoms with van der Waals surface area (Å²) in [4.78, 5) is 25.2. The Balaban J connectivity index is 1.55. The number of carbonyl (C=O) groups excluding carboxylic acids is 1. The maximum atomic E-state index is 12.8. The van der Waals surface area contributed by atoms with E-state index in [4.69, 9.17) is 13.9 Å². The zero-order chi connectivity index (χ0) is 22.7. The van der Waals surface area contributed by atoms with E-state index < -0.39 is 11.5 Å². The summed E-state index contributed by atoms with van der Waals surface area (Å²) in [6, 6.07) is 3.28. The Kier molecular flexibility index (Phi) is 6.51. The molecule has 0 bridgehead atoms. The second-order valence-corrected chi connectivity index (χ2v) is 8.34. The fourth-order valence-electron chi connectivity index (χ4n) is 3.72. The zero-order valence-electron chi connectivity index (χ0n) is 18.0. The van der Waals surface area contributed by atoms with E-state index in [2.05, 4.69) is 25.9 Å². The zero-order valence-corrected chi connectivity index (χ0v) is 18.8. The minimum atomic E-state index is -0.752. The lowest BCUT2D eigenvalue weighted by Gasteiger charge is -2.32. The van der Waals surface area contributed by atoms with Gasteiger partial charge in [0.2, 0.25) is 16.0 Å². The second-order valence-electron chi connectivity index (χ2n) is 7.38. The van der Waals surface area contributed by atoms with Crippen LogP contribution < -0.4 is 21.0 Å². The van der Waals surface area contributed by atoms with Crippen molar-refractivity contribution < 1.29 is 18.7 Å². The van der Waals surface area contributed by atoms with Gasteiger partial charge in [0.05, 0.1) is 24.9 Å². The summed E-state index contributed by atoms with van der Waals surface area (Å²) in [5.41, 5.74) is 0.512. The predicted octanol–water partition coefficient (Wildman–Crippen LogP) is 2.62. The van der Waals surface area contributed by atoms with Gasteiger partial charge in [-0.3, -0.25) is 10.1 Å². The lowest BCUT2D eigenvalue weighted by molar-refractivity contribution is 0.0605. The largest absolute Gasteiger partial charge is 0.488 e. The van der Waals surface area contributed by atoms with Gasteiger partial charge in [-0.05, 0) is 25.8 Å². The van der Waals surface area contributed by atoms with Crippen molar-refractivity contribution in [2.75, 3.05) is 24.9 Å². The van der Waals surface area contributed by atoms with E-state index in [0.29, 0.717) is 10.8 Å². The number of methoxy groups -OCH3 is 2.